The van der Waals surface area contributed by atoms with Gasteiger partial charge in [0, 0.05) is 0 Å². The number of hydrogen-bond acceptors (Lipinski definition) is 7. The first-order chi connectivity index (χ1) is 7.67. The molecular formula is C8H11N3O5. The molecule has 0 saturated carbocycles. The smallest absolute Gasteiger partial charge is 0.214 e. The summed E-state index contributed by atoms with van der Waals surface area (Å²) in [6.07, 6.45) is -2.57. The van der Waals surface area contributed by atoms with Gasteiger partial charge in [0.25, 0.3) is 0 Å². The Morgan fingerprint density at radius 1 is 1.50 bits per heavy atom. The normalized spacial score (nSPS) is 34.2. The topological polar surface area (TPSA) is 118 Å². The van der Waals surface area contributed by atoms with Crippen molar-refractivity contribution in [3.63, 3.8) is 0 Å². The Labute approximate surface area is 90.1 Å². The average Bonchev–Trinajstić information content (AvgIpc) is 2.86. The highest BCUT2D eigenvalue weighted by atomic mass is 16.6. The Kier molecular flexibility index (Phi) is 2.97. The van der Waals surface area contributed by atoms with Crippen LogP contribution in [0.2, 0.25) is 0 Å². The van der Waals surface area contributed by atoms with Gasteiger partial charge in [-0.15, -0.1) is 5.10 Å². The largest absolute Gasteiger partial charge is 0.394 e. The zero-order chi connectivity index (χ0) is 11.7. The van der Waals surface area contributed by atoms with Gasteiger partial charge in [0.2, 0.25) is 5.82 Å². The lowest BCUT2D eigenvalue weighted by Gasteiger charge is -2.13. The summed E-state index contributed by atoms with van der Waals surface area (Å²) in [6, 6.07) is 0. The lowest BCUT2D eigenvalue weighted by atomic mass is 10.1. The van der Waals surface area contributed by atoms with Gasteiger partial charge in [-0.05, 0) is 0 Å². The van der Waals surface area contributed by atoms with E-state index in [4.69, 9.17) is 9.84 Å². The summed E-state index contributed by atoms with van der Waals surface area (Å²) in [5.74, 6) is -0.0438. The minimum Gasteiger partial charge on any atom is -0.394 e. The molecule has 4 unspecified atom stereocenters. The average molecular weight is 229 g/mol. The summed E-state index contributed by atoms with van der Waals surface area (Å²) in [7, 11) is 0. The number of rotatable bonds is 3. The number of nitrogens with zero attached hydrogens (tertiary/aromatic N) is 3. The highest BCUT2D eigenvalue weighted by molar-refractivity contribution is 5.68. The fourth-order valence-corrected chi connectivity index (χ4v) is 1.56. The molecule has 88 valence electrons. The number of carbonyl (C=O) groups is 1. The Hall–Kier alpha value is -1.35. The van der Waals surface area contributed by atoms with Crippen molar-refractivity contribution >= 4 is 6.29 Å². The Bertz CT molecular complexity index is 382. The molecule has 8 nitrogen and oxygen atoms in total. The van der Waals surface area contributed by atoms with Gasteiger partial charge in [0.1, 0.15) is 24.6 Å². The molecule has 0 aliphatic carbocycles. The van der Waals surface area contributed by atoms with Crippen molar-refractivity contribution in [2.45, 2.75) is 24.5 Å². The number of aromatic nitrogens is 3. The second-order valence-electron chi connectivity index (χ2n) is 3.43. The monoisotopic (exact) mass is 229 g/mol. The van der Waals surface area contributed by atoms with E-state index in [9.17, 15) is 15.0 Å². The molecule has 1 aromatic rings. The van der Waals surface area contributed by atoms with Crippen LogP contribution in [-0.4, -0.2) is 61.3 Å². The summed E-state index contributed by atoms with van der Waals surface area (Å²) >= 11 is 0. The summed E-state index contributed by atoms with van der Waals surface area (Å²) in [4.78, 5) is 14.0. The maximum absolute atomic E-state index is 10.4. The first-order valence-corrected chi connectivity index (χ1v) is 4.66. The van der Waals surface area contributed by atoms with E-state index in [0.717, 1.165) is 4.68 Å². The molecule has 1 aliphatic heterocycles. The Balaban J connectivity index is 2.19. The van der Waals surface area contributed by atoms with Gasteiger partial charge in [-0.3, -0.25) is 4.79 Å². The van der Waals surface area contributed by atoms with E-state index in [1.54, 1.807) is 0 Å². The predicted molar refractivity (Wildman–Crippen MR) is 48.4 cm³/mol. The second kappa shape index (κ2) is 4.26. The Morgan fingerprint density at radius 3 is 2.75 bits per heavy atom. The molecule has 1 saturated heterocycles. The predicted octanol–water partition coefficient (Wildman–Crippen LogP) is -2.30. The third kappa shape index (κ3) is 1.71. The molecule has 3 N–H and O–H groups in total. The van der Waals surface area contributed by atoms with Crippen molar-refractivity contribution in [3.05, 3.63) is 12.2 Å². The maximum Gasteiger partial charge on any atom is 0.214 e. The second-order valence-corrected chi connectivity index (χ2v) is 3.43. The SMILES string of the molecule is O=Cc1ncn(C2OC(CO)C(O)C2O)n1. The molecule has 0 bridgehead atoms. The molecule has 1 aromatic heterocycles. The van der Waals surface area contributed by atoms with Gasteiger partial charge in [-0.2, -0.15) is 0 Å². The van der Waals surface area contributed by atoms with Crippen molar-refractivity contribution in [1.82, 2.24) is 14.8 Å². The van der Waals surface area contributed by atoms with Gasteiger partial charge >= 0.3 is 0 Å². The van der Waals surface area contributed by atoms with E-state index in [2.05, 4.69) is 10.1 Å². The van der Waals surface area contributed by atoms with Crippen LogP contribution in [0, 0.1) is 0 Å². The molecule has 4 atom stereocenters. The zero-order valence-electron chi connectivity index (χ0n) is 8.17. The summed E-state index contributed by atoms with van der Waals surface area (Å²) in [5.41, 5.74) is 0. The van der Waals surface area contributed by atoms with Crippen LogP contribution >= 0.6 is 0 Å². The molecule has 2 rings (SSSR count). The van der Waals surface area contributed by atoms with Crippen LogP contribution in [0.4, 0.5) is 0 Å². The highest BCUT2D eigenvalue weighted by Crippen LogP contribution is 2.28. The summed E-state index contributed by atoms with van der Waals surface area (Å²) < 4.78 is 6.31. The van der Waals surface area contributed by atoms with Gasteiger partial charge < -0.3 is 20.1 Å². The first-order valence-electron chi connectivity index (χ1n) is 4.66. The number of aldehydes is 1. The third-order valence-electron chi connectivity index (χ3n) is 2.41. The number of aliphatic hydroxyl groups is 3. The molecule has 0 radical (unpaired) electrons. The lowest BCUT2D eigenvalue weighted by molar-refractivity contribution is -0.0588. The maximum atomic E-state index is 10.4. The highest BCUT2D eigenvalue weighted by Gasteiger charge is 2.43. The zero-order valence-corrected chi connectivity index (χ0v) is 8.17. The van der Waals surface area contributed by atoms with Crippen LogP contribution in [0.15, 0.2) is 6.33 Å². The number of carbonyl (C=O) groups excluding carboxylic acids is 1. The summed E-state index contributed by atoms with van der Waals surface area (Å²) in [5, 5.41) is 31.7. The lowest BCUT2D eigenvalue weighted by Crippen LogP contribution is -2.33. The van der Waals surface area contributed by atoms with E-state index in [0.29, 0.717) is 6.29 Å². The van der Waals surface area contributed by atoms with Crippen LogP contribution < -0.4 is 0 Å². The Morgan fingerprint density at radius 2 is 2.25 bits per heavy atom. The van der Waals surface area contributed by atoms with Crippen LogP contribution in [0.25, 0.3) is 0 Å². The van der Waals surface area contributed by atoms with Gasteiger partial charge in [-0.1, -0.05) is 0 Å². The van der Waals surface area contributed by atoms with Crippen molar-refractivity contribution in [2.24, 2.45) is 0 Å². The van der Waals surface area contributed by atoms with Gasteiger partial charge in [0.15, 0.2) is 12.5 Å². The molecule has 16 heavy (non-hydrogen) atoms. The number of aliphatic hydroxyl groups excluding tert-OH is 3. The molecule has 1 aliphatic rings. The summed E-state index contributed by atoms with van der Waals surface area (Å²) in [6.45, 7) is -0.413. The van der Waals surface area contributed by atoms with Crippen LogP contribution in [0.1, 0.15) is 16.8 Å². The fraction of sp³-hybridized carbons (Fsp3) is 0.625. The van der Waals surface area contributed by atoms with Gasteiger partial charge in [0.05, 0.1) is 6.61 Å². The third-order valence-corrected chi connectivity index (χ3v) is 2.41. The van der Waals surface area contributed by atoms with Crippen molar-refractivity contribution in [1.29, 1.82) is 0 Å². The fourth-order valence-electron chi connectivity index (χ4n) is 1.56. The van der Waals surface area contributed by atoms with E-state index < -0.39 is 31.1 Å². The number of ether oxygens (including phenoxy) is 1. The molecule has 2 heterocycles. The molecule has 0 spiro atoms. The quantitative estimate of drug-likeness (QED) is 0.499. The van der Waals surface area contributed by atoms with Crippen LogP contribution in [0.5, 0.6) is 0 Å². The molecule has 8 heteroatoms. The van der Waals surface area contributed by atoms with Crippen LogP contribution in [-0.2, 0) is 4.74 Å². The van der Waals surface area contributed by atoms with E-state index in [1.807, 2.05) is 0 Å². The first kappa shape index (κ1) is 11.1. The minimum absolute atomic E-state index is 0.0438. The minimum atomic E-state index is -1.22. The van der Waals surface area contributed by atoms with E-state index >= 15 is 0 Å². The van der Waals surface area contributed by atoms with E-state index in [-0.39, 0.29) is 5.82 Å². The van der Waals surface area contributed by atoms with E-state index in [1.165, 1.54) is 6.33 Å². The molecule has 0 amide bonds. The van der Waals surface area contributed by atoms with Crippen LogP contribution in [0.3, 0.4) is 0 Å². The molecule has 0 aromatic carbocycles. The van der Waals surface area contributed by atoms with Crippen molar-refractivity contribution in [3.8, 4) is 0 Å². The van der Waals surface area contributed by atoms with Crippen molar-refractivity contribution in [2.75, 3.05) is 6.61 Å². The number of hydrogen-bond donors (Lipinski definition) is 3. The molecular weight excluding hydrogens is 218 g/mol. The molecule has 1 fully saturated rings. The van der Waals surface area contributed by atoms with Crippen molar-refractivity contribution < 1.29 is 24.9 Å². The van der Waals surface area contributed by atoms with Gasteiger partial charge in [-0.25, -0.2) is 9.67 Å². The standard InChI is InChI=1S/C8H11N3O5/c12-1-4-6(14)7(15)8(16-4)11-3-9-5(2-13)10-11/h2-4,6-8,12,14-15H,1H2.